The van der Waals surface area contributed by atoms with Crippen molar-refractivity contribution in [3.05, 3.63) is 64.7 Å². The minimum absolute atomic E-state index is 0.139. The van der Waals surface area contributed by atoms with Crippen LogP contribution in [-0.4, -0.2) is 12.5 Å². The lowest BCUT2D eigenvalue weighted by Gasteiger charge is -2.07. The number of anilines is 1. The van der Waals surface area contributed by atoms with Crippen LogP contribution in [0, 0.1) is 25.7 Å². The fourth-order valence-electron chi connectivity index (χ4n) is 2.07. The summed E-state index contributed by atoms with van der Waals surface area (Å²) in [5.74, 6) is 5.62. The SMILES string of the molecule is Cc1cccc(NC(=O)c2cc(C)cc(C#CCN)c2)c1. The number of nitrogens with two attached hydrogens (primary N) is 1. The van der Waals surface area contributed by atoms with Gasteiger partial charge in [0.2, 0.25) is 0 Å². The monoisotopic (exact) mass is 278 g/mol. The predicted molar refractivity (Wildman–Crippen MR) is 86.2 cm³/mol. The van der Waals surface area contributed by atoms with Crippen LogP contribution in [0.25, 0.3) is 0 Å². The topological polar surface area (TPSA) is 55.1 Å². The van der Waals surface area contributed by atoms with Crippen LogP contribution in [0.5, 0.6) is 0 Å². The highest BCUT2D eigenvalue weighted by molar-refractivity contribution is 6.04. The van der Waals surface area contributed by atoms with E-state index in [1.165, 1.54) is 0 Å². The summed E-state index contributed by atoms with van der Waals surface area (Å²) in [4.78, 5) is 12.3. The zero-order valence-corrected chi connectivity index (χ0v) is 12.2. The quantitative estimate of drug-likeness (QED) is 0.830. The van der Waals surface area contributed by atoms with E-state index in [0.717, 1.165) is 22.4 Å². The Labute approximate surface area is 125 Å². The number of carbonyl (C=O) groups excluding carboxylic acids is 1. The molecule has 1 amide bonds. The van der Waals surface area contributed by atoms with Crippen LogP contribution in [0.1, 0.15) is 27.0 Å². The van der Waals surface area contributed by atoms with Crippen molar-refractivity contribution >= 4 is 11.6 Å². The van der Waals surface area contributed by atoms with Gasteiger partial charge >= 0.3 is 0 Å². The summed E-state index contributed by atoms with van der Waals surface area (Å²) in [5, 5.41) is 2.90. The van der Waals surface area contributed by atoms with Crippen molar-refractivity contribution in [3.63, 3.8) is 0 Å². The fraction of sp³-hybridized carbons (Fsp3) is 0.167. The summed E-state index contributed by atoms with van der Waals surface area (Å²) in [6.07, 6.45) is 0. The van der Waals surface area contributed by atoms with E-state index < -0.39 is 0 Å². The van der Waals surface area contributed by atoms with Gasteiger partial charge in [0, 0.05) is 16.8 Å². The molecule has 0 fully saturated rings. The van der Waals surface area contributed by atoms with Crippen molar-refractivity contribution < 1.29 is 4.79 Å². The smallest absolute Gasteiger partial charge is 0.255 e. The lowest BCUT2D eigenvalue weighted by molar-refractivity contribution is 0.102. The Morgan fingerprint density at radius 3 is 2.67 bits per heavy atom. The highest BCUT2D eigenvalue weighted by atomic mass is 16.1. The van der Waals surface area contributed by atoms with Gasteiger partial charge in [-0.25, -0.2) is 0 Å². The molecule has 0 aromatic heterocycles. The van der Waals surface area contributed by atoms with Crippen LogP contribution >= 0.6 is 0 Å². The average molecular weight is 278 g/mol. The maximum absolute atomic E-state index is 12.3. The molecule has 0 radical (unpaired) electrons. The van der Waals surface area contributed by atoms with Gasteiger partial charge in [-0.15, -0.1) is 0 Å². The fourth-order valence-corrected chi connectivity index (χ4v) is 2.07. The molecule has 0 aliphatic heterocycles. The Balaban J connectivity index is 2.24. The molecular formula is C18H18N2O. The zero-order valence-electron chi connectivity index (χ0n) is 12.2. The minimum Gasteiger partial charge on any atom is -0.322 e. The van der Waals surface area contributed by atoms with Crippen molar-refractivity contribution in [3.8, 4) is 11.8 Å². The molecule has 0 bridgehead atoms. The largest absolute Gasteiger partial charge is 0.322 e. The Bertz CT molecular complexity index is 723. The average Bonchev–Trinajstić information content (AvgIpc) is 2.44. The van der Waals surface area contributed by atoms with Crippen LogP contribution in [0.4, 0.5) is 5.69 Å². The molecule has 3 heteroatoms. The van der Waals surface area contributed by atoms with Gasteiger partial charge in [-0.05, 0) is 55.3 Å². The summed E-state index contributed by atoms with van der Waals surface area (Å²) in [6, 6.07) is 13.3. The first-order valence-corrected chi connectivity index (χ1v) is 6.77. The predicted octanol–water partition coefficient (Wildman–Crippen LogP) is 2.87. The Morgan fingerprint density at radius 1 is 1.14 bits per heavy atom. The third-order valence-corrected chi connectivity index (χ3v) is 2.95. The first-order chi connectivity index (χ1) is 10.1. The maximum atomic E-state index is 12.3. The number of hydrogen-bond donors (Lipinski definition) is 2. The number of carbonyl (C=O) groups is 1. The molecule has 3 N–H and O–H groups in total. The van der Waals surface area contributed by atoms with Crippen molar-refractivity contribution in [1.82, 2.24) is 0 Å². The van der Waals surface area contributed by atoms with Gasteiger partial charge in [-0.2, -0.15) is 0 Å². The van der Waals surface area contributed by atoms with Crippen molar-refractivity contribution in [1.29, 1.82) is 0 Å². The van der Waals surface area contributed by atoms with Crippen molar-refractivity contribution in [2.75, 3.05) is 11.9 Å². The second-order valence-corrected chi connectivity index (χ2v) is 4.92. The summed E-state index contributed by atoms with van der Waals surface area (Å²) in [7, 11) is 0. The van der Waals surface area contributed by atoms with Crippen LogP contribution in [0.2, 0.25) is 0 Å². The van der Waals surface area contributed by atoms with Crippen molar-refractivity contribution in [2.45, 2.75) is 13.8 Å². The van der Waals surface area contributed by atoms with Crippen LogP contribution in [0.15, 0.2) is 42.5 Å². The second kappa shape index (κ2) is 6.74. The van der Waals surface area contributed by atoms with Crippen LogP contribution in [0.3, 0.4) is 0 Å². The van der Waals surface area contributed by atoms with Gasteiger partial charge < -0.3 is 11.1 Å². The van der Waals surface area contributed by atoms with E-state index in [1.807, 2.05) is 50.2 Å². The Kier molecular flexibility index (Phi) is 4.76. The lowest BCUT2D eigenvalue weighted by atomic mass is 10.1. The first-order valence-electron chi connectivity index (χ1n) is 6.77. The third kappa shape index (κ3) is 4.20. The van der Waals surface area contributed by atoms with Gasteiger partial charge in [0.1, 0.15) is 0 Å². The third-order valence-electron chi connectivity index (χ3n) is 2.95. The number of amides is 1. The second-order valence-electron chi connectivity index (χ2n) is 4.92. The van der Waals surface area contributed by atoms with E-state index >= 15 is 0 Å². The van der Waals surface area contributed by atoms with Crippen LogP contribution < -0.4 is 11.1 Å². The van der Waals surface area contributed by atoms with Gasteiger partial charge in [0.25, 0.3) is 5.91 Å². The molecular weight excluding hydrogens is 260 g/mol. The molecule has 106 valence electrons. The number of aryl methyl sites for hydroxylation is 2. The van der Waals surface area contributed by atoms with E-state index in [9.17, 15) is 4.79 Å². The molecule has 21 heavy (non-hydrogen) atoms. The standard InChI is InChI=1S/C18H18N2O/c1-13-5-3-7-17(11-13)20-18(21)16-10-14(2)9-15(12-16)6-4-8-19/h3,5,7,9-12H,8,19H2,1-2H3,(H,20,21). The normalized spacial score (nSPS) is 9.67. The molecule has 0 atom stereocenters. The van der Waals surface area contributed by atoms with Gasteiger partial charge in [0.05, 0.1) is 6.54 Å². The molecule has 0 saturated carbocycles. The molecule has 2 rings (SSSR count). The first kappa shape index (κ1) is 14.8. The Hall–Kier alpha value is -2.57. The molecule has 0 saturated heterocycles. The number of rotatable bonds is 2. The van der Waals surface area contributed by atoms with E-state index in [2.05, 4.69) is 17.2 Å². The highest BCUT2D eigenvalue weighted by Crippen LogP contribution is 2.14. The van der Waals surface area contributed by atoms with Crippen molar-refractivity contribution in [2.24, 2.45) is 5.73 Å². The maximum Gasteiger partial charge on any atom is 0.255 e. The molecule has 2 aromatic rings. The molecule has 0 heterocycles. The molecule has 3 nitrogen and oxygen atoms in total. The van der Waals surface area contributed by atoms with E-state index in [0.29, 0.717) is 12.1 Å². The van der Waals surface area contributed by atoms with E-state index in [-0.39, 0.29) is 5.91 Å². The summed E-state index contributed by atoms with van der Waals surface area (Å²) in [6.45, 7) is 4.23. The molecule has 0 aliphatic rings. The van der Waals surface area contributed by atoms with Gasteiger partial charge in [-0.1, -0.05) is 24.0 Å². The molecule has 2 aromatic carbocycles. The zero-order chi connectivity index (χ0) is 15.2. The Morgan fingerprint density at radius 2 is 1.95 bits per heavy atom. The van der Waals surface area contributed by atoms with Crippen LogP contribution in [-0.2, 0) is 0 Å². The van der Waals surface area contributed by atoms with E-state index in [4.69, 9.17) is 5.73 Å². The van der Waals surface area contributed by atoms with Gasteiger partial charge in [-0.3, -0.25) is 4.79 Å². The van der Waals surface area contributed by atoms with E-state index in [1.54, 1.807) is 6.07 Å². The van der Waals surface area contributed by atoms with Gasteiger partial charge in [0.15, 0.2) is 0 Å². The summed E-state index contributed by atoms with van der Waals surface area (Å²) >= 11 is 0. The molecule has 0 aliphatic carbocycles. The molecule has 0 spiro atoms. The summed E-state index contributed by atoms with van der Waals surface area (Å²) in [5.41, 5.74) is 9.66. The minimum atomic E-state index is -0.139. The highest BCUT2D eigenvalue weighted by Gasteiger charge is 2.07. The molecule has 0 unspecified atom stereocenters. The number of hydrogen-bond acceptors (Lipinski definition) is 2. The summed E-state index contributed by atoms with van der Waals surface area (Å²) < 4.78 is 0. The number of benzene rings is 2. The lowest BCUT2D eigenvalue weighted by Crippen LogP contribution is -2.12. The number of nitrogens with one attached hydrogen (secondary N) is 1.